The van der Waals surface area contributed by atoms with E-state index in [9.17, 15) is 5.11 Å². The first-order valence-electron chi connectivity index (χ1n) is 5.29. The van der Waals surface area contributed by atoms with Crippen molar-refractivity contribution in [2.75, 3.05) is 0 Å². The Bertz CT molecular complexity index is 279. The molecule has 0 aliphatic carbocycles. The number of aryl methyl sites for hydroxylation is 1. The average molecular weight is 196 g/mol. The number of nitrogens with zero attached hydrogens (tertiary/aromatic N) is 2. The Morgan fingerprint density at radius 3 is 2.71 bits per heavy atom. The van der Waals surface area contributed by atoms with Crippen LogP contribution < -0.4 is 0 Å². The normalized spacial score (nSPS) is 15.4. The first kappa shape index (κ1) is 11.2. The Morgan fingerprint density at radius 1 is 1.50 bits per heavy atom. The minimum Gasteiger partial charge on any atom is -0.384 e. The van der Waals surface area contributed by atoms with Crippen LogP contribution in [0.1, 0.15) is 45.2 Å². The molecule has 0 aromatic carbocycles. The fraction of sp³-hybridized carbons (Fsp3) is 0.727. The highest BCUT2D eigenvalue weighted by Crippen LogP contribution is 2.25. The largest absolute Gasteiger partial charge is 0.384 e. The van der Waals surface area contributed by atoms with Crippen molar-refractivity contribution in [3.63, 3.8) is 0 Å². The molecule has 1 atom stereocenters. The maximum atomic E-state index is 10.2. The summed E-state index contributed by atoms with van der Waals surface area (Å²) in [5.74, 6) is 0. The van der Waals surface area contributed by atoms with Crippen LogP contribution in [0.2, 0.25) is 0 Å². The van der Waals surface area contributed by atoms with E-state index in [1.807, 2.05) is 20.0 Å². The van der Waals surface area contributed by atoms with Crippen molar-refractivity contribution in [3.05, 3.63) is 18.0 Å². The zero-order chi connectivity index (χ0) is 10.6. The molecule has 14 heavy (non-hydrogen) atoms. The molecule has 0 radical (unpaired) electrons. The molecule has 80 valence electrons. The molecule has 3 nitrogen and oxygen atoms in total. The van der Waals surface area contributed by atoms with E-state index in [4.69, 9.17) is 0 Å². The Morgan fingerprint density at radius 2 is 2.21 bits per heavy atom. The van der Waals surface area contributed by atoms with E-state index in [0.29, 0.717) is 0 Å². The summed E-state index contributed by atoms with van der Waals surface area (Å²) < 4.78 is 1.74. The monoisotopic (exact) mass is 196 g/mol. The minimum atomic E-state index is -0.736. The van der Waals surface area contributed by atoms with Crippen molar-refractivity contribution in [3.8, 4) is 0 Å². The van der Waals surface area contributed by atoms with E-state index in [0.717, 1.165) is 18.5 Å². The van der Waals surface area contributed by atoms with Crippen molar-refractivity contribution in [1.29, 1.82) is 0 Å². The second-order valence-electron chi connectivity index (χ2n) is 4.07. The van der Waals surface area contributed by atoms with Crippen molar-refractivity contribution >= 4 is 0 Å². The van der Waals surface area contributed by atoms with Crippen LogP contribution in [-0.4, -0.2) is 14.9 Å². The SMILES string of the molecule is CCCCCC(C)(O)c1ccnn1C. The lowest BCUT2D eigenvalue weighted by Gasteiger charge is -2.23. The van der Waals surface area contributed by atoms with E-state index in [2.05, 4.69) is 12.0 Å². The van der Waals surface area contributed by atoms with Gasteiger partial charge in [0.2, 0.25) is 0 Å². The van der Waals surface area contributed by atoms with Gasteiger partial charge in [-0.1, -0.05) is 26.2 Å². The van der Waals surface area contributed by atoms with Gasteiger partial charge in [0.25, 0.3) is 0 Å². The quantitative estimate of drug-likeness (QED) is 0.733. The Kier molecular flexibility index (Phi) is 3.69. The molecule has 0 bridgehead atoms. The van der Waals surface area contributed by atoms with Gasteiger partial charge in [-0.3, -0.25) is 4.68 Å². The van der Waals surface area contributed by atoms with E-state index in [-0.39, 0.29) is 0 Å². The number of hydrogen-bond acceptors (Lipinski definition) is 2. The molecule has 1 unspecified atom stereocenters. The first-order valence-corrected chi connectivity index (χ1v) is 5.29. The molecule has 0 saturated heterocycles. The third-order valence-corrected chi connectivity index (χ3v) is 2.64. The molecule has 0 aliphatic rings. The van der Waals surface area contributed by atoms with Crippen LogP contribution in [0.15, 0.2) is 12.3 Å². The van der Waals surface area contributed by atoms with Crippen LogP contribution in [0, 0.1) is 0 Å². The summed E-state index contributed by atoms with van der Waals surface area (Å²) in [7, 11) is 1.86. The summed E-state index contributed by atoms with van der Waals surface area (Å²) in [6, 6.07) is 1.88. The lowest BCUT2D eigenvalue weighted by atomic mass is 9.95. The highest BCUT2D eigenvalue weighted by Gasteiger charge is 2.25. The van der Waals surface area contributed by atoms with E-state index in [1.54, 1.807) is 10.9 Å². The predicted molar refractivity (Wildman–Crippen MR) is 56.9 cm³/mol. The van der Waals surface area contributed by atoms with Crippen LogP contribution in [0.4, 0.5) is 0 Å². The molecule has 1 N–H and O–H groups in total. The Hall–Kier alpha value is -0.830. The molecule has 0 saturated carbocycles. The van der Waals surface area contributed by atoms with Crippen LogP contribution in [-0.2, 0) is 12.6 Å². The van der Waals surface area contributed by atoms with Gasteiger partial charge in [0.05, 0.1) is 5.69 Å². The summed E-state index contributed by atoms with van der Waals surface area (Å²) in [5.41, 5.74) is 0.161. The Labute approximate surface area is 85.8 Å². The second-order valence-corrected chi connectivity index (χ2v) is 4.07. The summed E-state index contributed by atoms with van der Waals surface area (Å²) in [4.78, 5) is 0. The molecule has 0 spiro atoms. The zero-order valence-electron chi connectivity index (χ0n) is 9.32. The number of aliphatic hydroxyl groups is 1. The third-order valence-electron chi connectivity index (χ3n) is 2.64. The predicted octanol–water partition coefficient (Wildman–Crippen LogP) is 2.21. The van der Waals surface area contributed by atoms with Gasteiger partial charge < -0.3 is 5.11 Å². The standard InChI is InChI=1S/C11H20N2O/c1-4-5-6-8-11(2,14)10-7-9-12-13(10)3/h7,9,14H,4-6,8H2,1-3H3. The minimum absolute atomic E-state index is 0.736. The maximum Gasteiger partial charge on any atom is 0.103 e. The van der Waals surface area contributed by atoms with Gasteiger partial charge in [-0.05, 0) is 19.4 Å². The molecule has 0 aliphatic heterocycles. The summed E-state index contributed by atoms with van der Waals surface area (Å²) >= 11 is 0. The lowest BCUT2D eigenvalue weighted by molar-refractivity contribution is 0.0367. The smallest absolute Gasteiger partial charge is 0.103 e. The van der Waals surface area contributed by atoms with Crippen molar-refractivity contribution in [2.24, 2.45) is 7.05 Å². The van der Waals surface area contributed by atoms with Crippen LogP contribution in [0.3, 0.4) is 0 Å². The fourth-order valence-corrected chi connectivity index (χ4v) is 1.75. The second kappa shape index (κ2) is 4.60. The molecular formula is C11H20N2O. The molecule has 1 aromatic heterocycles. The van der Waals surface area contributed by atoms with E-state index < -0.39 is 5.60 Å². The fourth-order valence-electron chi connectivity index (χ4n) is 1.75. The van der Waals surface area contributed by atoms with Gasteiger partial charge >= 0.3 is 0 Å². The third kappa shape index (κ3) is 2.58. The van der Waals surface area contributed by atoms with Gasteiger partial charge in [-0.25, -0.2) is 0 Å². The molecular weight excluding hydrogens is 176 g/mol. The molecule has 1 rings (SSSR count). The van der Waals surface area contributed by atoms with Crippen molar-refractivity contribution in [2.45, 2.75) is 45.1 Å². The Balaban J connectivity index is 2.61. The summed E-state index contributed by atoms with van der Waals surface area (Å²) in [6.45, 7) is 4.03. The van der Waals surface area contributed by atoms with Crippen LogP contribution in [0.5, 0.6) is 0 Å². The molecule has 1 heterocycles. The van der Waals surface area contributed by atoms with Crippen molar-refractivity contribution < 1.29 is 5.11 Å². The van der Waals surface area contributed by atoms with Gasteiger partial charge in [-0.15, -0.1) is 0 Å². The highest BCUT2D eigenvalue weighted by atomic mass is 16.3. The topological polar surface area (TPSA) is 38.1 Å². The van der Waals surface area contributed by atoms with Gasteiger partial charge in [0, 0.05) is 13.2 Å². The highest BCUT2D eigenvalue weighted by molar-refractivity contribution is 5.09. The molecule has 1 aromatic rings. The van der Waals surface area contributed by atoms with E-state index >= 15 is 0 Å². The van der Waals surface area contributed by atoms with Gasteiger partial charge in [0.15, 0.2) is 0 Å². The molecule has 3 heteroatoms. The first-order chi connectivity index (χ1) is 6.58. The number of unbranched alkanes of at least 4 members (excludes halogenated alkanes) is 2. The average Bonchev–Trinajstić information content (AvgIpc) is 2.52. The van der Waals surface area contributed by atoms with Crippen molar-refractivity contribution in [1.82, 2.24) is 9.78 Å². The maximum absolute atomic E-state index is 10.2. The number of hydrogen-bond donors (Lipinski definition) is 1. The lowest BCUT2D eigenvalue weighted by Crippen LogP contribution is -2.24. The van der Waals surface area contributed by atoms with E-state index in [1.165, 1.54) is 12.8 Å². The van der Waals surface area contributed by atoms with Crippen LogP contribution in [0.25, 0.3) is 0 Å². The summed E-state index contributed by atoms with van der Waals surface area (Å²) in [6.07, 6.45) is 5.95. The van der Waals surface area contributed by atoms with Crippen LogP contribution >= 0.6 is 0 Å². The molecule has 0 amide bonds. The summed E-state index contributed by atoms with van der Waals surface area (Å²) in [5, 5.41) is 14.3. The van der Waals surface area contributed by atoms with Gasteiger partial charge in [0.1, 0.15) is 5.60 Å². The molecule has 0 fully saturated rings. The number of aromatic nitrogens is 2. The zero-order valence-corrected chi connectivity index (χ0v) is 9.32. The van der Waals surface area contributed by atoms with Gasteiger partial charge in [-0.2, -0.15) is 5.10 Å². The number of rotatable bonds is 5.